The van der Waals surface area contributed by atoms with Crippen LogP contribution in [0.5, 0.6) is 5.75 Å². The minimum Gasteiger partial charge on any atom is -0.505 e. The van der Waals surface area contributed by atoms with E-state index >= 15 is 0 Å². The second-order valence-corrected chi connectivity index (χ2v) is 2.91. The molecule has 80 valence electrons. The van der Waals surface area contributed by atoms with Crippen LogP contribution >= 0.6 is 0 Å². The van der Waals surface area contributed by atoms with Crippen LogP contribution < -0.4 is 5.32 Å². The molecule has 0 bridgehead atoms. The van der Waals surface area contributed by atoms with Gasteiger partial charge in [0.2, 0.25) is 5.91 Å². The van der Waals surface area contributed by atoms with Crippen LogP contribution in [-0.2, 0) is 4.79 Å². The number of aromatic hydroxyl groups is 1. The first-order valence-corrected chi connectivity index (χ1v) is 4.41. The maximum Gasteiger partial charge on any atom is 0.339 e. The third-order valence-corrected chi connectivity index (χ3v) is 1.86. The van der Waals surface area contributed by atoms with E-state index in [0.717, 1.165) is 0 Å². The van der Waals surface area contributed by atoms with E-state index in [9.17, 15) is 14.7 Å². The first kappa shape index (κ1) is 11.0. The molecule has 15 heavy (non-hydrogen) atoms. The van der Waals surface area contributed by atoms with Crippen molar-refractivity contribution in [3.8, 4) is 5.75 Å². The van der Waals surface area contributed by atoms with E-state index < -0.39 is 11.7 Å². The van der Waals surface area contributed by atoms with Crippen molar-refractivity contribution in [1.82, 2.24) is 0 Å². The molecule has 5 nitrogen and oxygen atoms in total. The number of rotatable bonds is 3. The van der Waals surface area contributed by atoms with Gasteiger partial charge in [-0.3, -0.25) is 4.79 Å². The van der Waals surface area contributed by atoms with Crippen molar-refractivity contribution in [1.29, 1.82) is 0 Å². The van der Waals surface area contributed by atoms with Crippen LogP contribution in [0.1, 0.15) is 23.7 Å². The smallest absolute Gasteiger partial charge is 0.339 e. The average Bonchev–Trinajstić information content (AvgIpc) is 2.20. The highest BCUT2D eigenvalue weighted by atomic mass is 16.4. The van der Waals surface area contributed by atoms with Gasteiger partial charge in [0.15, 0.2) is 5.75 Å². The molecule has 0 atom stereocenters. The topological polar surface area (TPSA) is 86.6 Å². The van der Waals surface area contributed by atoms with Crippen molar-refractivity contribution in [2.45, 2.75) is 13.3 Å². The number of hydrogen-bond acceptors (Lipinski definition) is 3. The lowest BCUT2D eigenvalue weighted by Crippen LogP contribution is -2.10. The van der Waals surface area contributed by atoms with E-state index in [1.807, 2.05) is 0 Å². The van der Waals surface area contributed by atoms with Gasteiger partial charge in [-0.05, 0) is 12.1 Å². The molecule has 0 saturated heterocycles. The Morgan fingerprint density at radius 3 is 2.60 bits per heavy atom. The van der Waals surface area contributed by atoms with E-state index in [4.69, 9.17) is 5.11 Å². The number of phenols is 1. The Labute approximate surface area is 86.4 Å². The second kappa shape index (κ2) is 4.45. The lowest BCUT2D eigenvalue weighted by atomic mass is 10.1. The monoisotopic (exact) mass is 209 g/mol. The number of carboxylic acids is 1. The van der Waals surface area contributed by atoms with E-state index in [1.54, 1.807) is 6.92 Å². The summed E-state index contributed by atoms with van der Waals surface area (Å²) in [5.41, 5.74) is -0.120. The standard InChI is InChI=1S/C10H11NO4/c1-2-8(12)11-7-5-3-4-6(9(7)13)10(14)15/h3-5,13H,2H2,1H3,(H,11,12)(H,14,15). The Balaban J connectivity index is 3.04. The van der Waals surface area contributed by atoms with Gasteiger partial charge >= 0.3 is 5.97 Å². The number of benzene rings is 1. The molecule has 0 aromatic heterocycles. The number of anilines is 1. The number of amides is 1. The fourth-order valence-corrected chi connectivity index (χ4v) is 1.06. The van der Waals surface area contributed by atoms with Gasteiger partial charge < -0.3 is 15.5 Å². The lowest BCUT2D eigenvalue weighted by molar-refractivity contribution is -0.115. The quantitative estimate of drug-likeness (QED) is 0.657. The van der Waals surface area contributed by atoms with Crippen LogP contribution in [0.3, 0.4) is 0 Å². The molecule has 0 unspecified atom stereocenters. The summed E-state index contributed by atoms with van der Waals surface area (Å²) in [6, 6.07) is 4.16. The molecule has 0 radical (unpaired) electrons. The molecule has 5 heteroatoms. The molecule has 0 aliphatic rings. The van der Waals surface area contributed by atoms with E-state index in [0.29, 0.717) is 0 Å². The number of nitrogens with one attached hydrogen (secondary N) is 1. The number of aromatic carboxylic acids is 1. The van der Waals surface area contributed by atoms with Gasteiger partial charge in [-0.15, -0.1) is 0 Å². The van der Waals surface area contributed by atoms with Crippen LogP contribution in [0, 0.1) is 0 Å². The molecular weight excluding hydrogens is 198 g/mol. The van der Waals surface area contributed by atoms with Gasteiger partial charge in [0.05, 0.1) is 5.69 Å². The first-order chi connectivity index (χ1) is 7.06. The van der Waals surface area contributed by atoms with E-state index in [1.165, 1.54) is 18.2 Å². The molecular formula is C10H11NO4. The average molecular weight is 209 g/mol. The molecule has 3 N–H and O–H groups in total. The van der Waals surface area contributed by atoms with Crippen molar-refractivity contribution in [3.05, 3.63) is 23.8 Å². The maximum atomic E-state index is 11.0. The zero-order chi connectivity index (χ0) is 11.4. The molecule has 0 spiro atoms. The fraction of sp³-hybridized carbons (Fsp3) is 0.200. The van der Waals surface area contributed by atoms with Crippen LogP contribution in [0.4, 0.5) is 5.69 Å². The largest absolute Gasteiger partial charge is 0.505 e. The Hall–Kier alpha value is -2.04. The van der Waals surface area contributed by atoms with E-state index in [2.05, 4.69) is 5.32 Å². The molecule has 1 aromatic rings. The summed E-state index contributed by atoms with van der Waals surface area (Å²) in [5.74, 6) is -1.94. The van der Waals surface area contributed by atoms with Gasteiger partial charge in [0.1, 0.15) is 5.56 Å². The van der Waals surface area contributed by atoms with Gasteiger partial charge in [-0.2, -0.15) is 0 Å². The number of carbonyl (C=O) groups is 2. The third-order valence-electron chi connectivity index (χ3n) is 1.86. The highest BCUT2D eigenvalue weighted by molar-refractivity contribution is 5.97. The number of para-hydroxylation sites is 1. The third kappa shape index (κ3) is 2.46. The molecule has 0 aliphatic heterocycles. The Bertz CT molecular complexity index is 400. The number of hydrogen-bond donors (Lipinski definition) is 3. The van der Waals surface area contributed by atoms with Crippen molar-refractivity contribution < 1.29 is 19.8 Å². The Kier molecular flexibility index (Phi) is 3.28. The van der Waals surface area contributed by atoms with Gasteiger partial charge in [-0.1, -0.05) is 13.0 Å². The van der Waals surface area contributed by atoms with Crippen molar-refractivity contribution >= 4 is 17.6 Å². The fourth-order valence-electron chi connectivity index (χ4n) is 1.06. The maximum absolute atomic E-state index is 11.0. The predicted octanol–water partition coefficient (Wildman–Crippen LogP) is 1.44. The normalized spacial score (nSPS) is 9.67. The minimum absolute atomic E-state index is 0.113. The van der Waals surface area contributed by atoms with Crippen LogP contribution in [-0.4, -0.2) is 22.1 Å². The van der Waals surface area contributed by atoms with Gasteiger partial charge in [0.25, 0.3) is 0 Å². The van der Waals surface area contributed by atoms with Crippen molar-refractivity contribution in [3.63, 3.8) is 0 Å². The molecule has 0 saturated carbocycles. The zero-order valence-corrected chi connectivity index (χ0v) is 8.15. The Morgan fingerprint density at radius 2 is 2.07 bits per heavy atom. The van der Waals surface area contributed by atoms with Gasteiger partial charge in [-0.25, -0.2) is 4.79 Å². The van der Waals surface area contributed by atoms with Gasteiger partial charge in [0, 0.05) is 6.42 Å². The molecule has 0 heterocycles. The van der Waals surface area contributed by atoms with Crippen molar-refractivity contribution in [2.24, 2.45) is 0 Å². The SMILES string of the molecule is CCC(=O)Nc1cccc(C(=O)O)c1O. The summed E-state index contributed by atoms with van der Waals surface area (Å²) in [7, 11) is 0. The Morgan fingerprint density at radius 1 is 1.40 bits per heavy atom. The van der Waals surface area contributed by atoms with E-state index in [-0.39, 0.29) is 23.6 Å². The lowest BCUT2D eigenvalue weighted by Gasteiger charge is -2.07. The molecule has 1 rings (SSSR count). The molecule has 1 amide bonds. The highest BCUT2D eigenvalue weighted by Crippen LogP contribution is 2.27. The summed E-state index contributed by atoms with van der Waals surface area (Å²) in [4.78, 5) is 21.7. The summed E-state index contributed by atoms with van der Waals surface area (Å²) >= 11 is 0. The van der Waals surface area contributed by atoms with Crippen LogP contribution in [0.25, 0.3) is 0 Å². The minimum atomic E-state index is -1.24. The summed E-state index contributed by atoms with van der Waals surface area (Å²) in [6.45, 7) is 1.66. The number of carbonyl (C=O) groups excluding carboxylic acids is 1. The molecule has 0 aliphatic carbocycles. The predicted molar refractivity (Wildman–Crippen MR) is 54.0 cm³/mol. The molecule has 0 fully saturated rings. The summed E-state index contributed by atoms with van der Waals surface area (Å²) in [5, 5.41) is 20.6. The zero-order valence-electron chi connectivity index (χ0n) is 8.15. The van der Waals surface area contributed by atoms with Crippen LogP contribution in [0.15, 0.2) is 18.2 Å². The second-order valence-electron chi connectivity index (χ2n) is 2.91. The summed E-state index contributed by atoms with van der Waals surface area (Å²) in [6.07, 6.45) is 0.261. The van der Waals surface area contributed by atoms with Crippen LogP contribution in [0.2, 0.25) is 0 Å². The highest BCUT2D eigenvalue weighted by Gasteiger charge is 2.13. The summed E-state index contributed by atoms with van der Waals surface area (Å²) < 4.78 is 0. The first-order valence-electron chi connectivity index (χ1n) is 4.41. The van der Waals surface area contributed by atoms with Crippen molar-refractivity contribution in [2.75, 3.05) is 5.32 Å². The molecule has 1 aromatic carbocycles. The number of carboxylic acid groups (broad SMARTS) is 1.